The molecule has 0 aliphatic carbocycles. The smallest absolute Gasteiger partial charge is 0.250 e. The first-order chi connectivity index (χ1) is 7.06. The van der Waals surface area contributed by atoms with Gasteiger partial charge in [-0.25, -0.2) is 0 Å². The van der Waals surface area contributed by atoms with Crippen molar-refractivity contribution in [3.8, 4) is 0 Å². The number of amides is 1. The topological polar surface area (TPSA) is 32.8 Å². The Morgan fingerprint density at radius 1 is 1.47 bits per heavy atom. The maximum atomic E-state index is 11.7. The summed E-state index contributed by atoms with van der Waals surface area (Å²) in [7, 11) is 3.79. The quantitative estimate of drug-likeness (QED) is 0.617. The van der Waals surface area contributed by atoms with Crippen LogP contribution in [-0.2, 0) is 9.53 Å². The Kier molecular flexibility index (Phi) is 4.29. The third-order valence-corrected chi connectivity index (χ3v) is 2.81. The van der Waals surface area contributed by atoms with Gasteiger partial charge in [0.2, 0.25) is 5.91 Å². The molecule has 1 amide bonds. The van der Waals surface area contributed by atoms with E-state index in [2.05, 4.69) is 11.5 Å². The molecule has 1 rings (SSSR count). The summed E-state index contributed by atoms with van der Waals surface area (Å²) in [6.45, 7) is 8.65. The highest BCUT2D eigenvalue weighted by Gasteiger charge is 2.24. The Bertz CT molecular complexity index is 249. The molecule has 4 nitrogen and oxygen atoms in total. The Balaban J connectivity index is 2.36. The van der Waals surface area contributed by atoms with Crippen LogP contribution in [0, 0.1) is 0 Å². The van der Waals surface area contributed by atoms with Gasteiger partial charge in [-0.2, -0.15) is 0 Å². The summed E-state index contributed by atoms with van der Waals surface area (Å²) in [6.07, 6.45) is 0. The molecule has 0 spiro atoms. The van der Waals surface area contributed by atoms with Crippen LogP contribution in [0.4, 0.5) is 0 Å². The summed E-state index contributed by atoms with van der Waals surface area (Å²) in [4.78, 5) is 15.5. The van der Waals surface area contributed by atoms with Crippen LogP contribution in [-0.4, -0.2) is 62.1 Å². The maximum absolute atomic E-state index is 11.7. The molecule has 0 bridgehead atoms. The van der Waals surface area contributed by atoms with Crippen LogP contribution < -0.4 is 0 Å². The SMILES string of the molecule is C=C(CN(C)C1COC1)C(=O)N(C)CC. The molecule has 0 aromatic carbocycles. The molecule has 0 unspecified atom stereocenters. The molecule has 0 aromatic rings. The van der Waals surface area contributed by atoms with Gasteiger partial charge < -0.3 is 9.64 Å². The summed E-state index contributed by atoms with van der Waals surface area (Å²) in [5.41, 5.74) is 0.647. The van der Waals surface area contributed by atoms with Gasteiger partial charge in [-0.15, -0.1) is 0 Å². The fourth-order valence-corrected chi connectivity index (χ4v) is 1.39. The largest absolute Gasteiger partial charge is 0.378 e. The van der Waals surface area contributed by atoms with E-state index in [1.165, 1.54) is 0 Å². The van der Waals surface area contributed by atoms with E-state index in [4.69, 9.17) is 4.74 Å². The second-order valence-corrected chi connectivity index (χ2v) is 4.03. The van der Waals surface area contributed by atoms with Crippen molar-refractivity contribution in [1.82, 2.24) is 9.80 Å². The van der Waals surface area contributed by atoms with Crippen molar-refractivity contribution < 1.29 is 9.53 Å². The summed E-state index contributed by atoms with van der Waals surface area (Å²) < 4.78 is 5.10. The van der Waals surface area contributed by atoms with Crippen LogP contribution in [0.15, 0.2) is 12.2 Å². The Morgan fingerprint density at radius 2 is 2.07 bits per heavy atom. The molecule has 4 heteroatoms. The van der Waals surface area contributed by atoms with Crippen LogP contribution >= 0.6 is 0 Å². The number of hydrogen-bond donors (Lipinski definition) is 0. The van der Waals surface area contributed by atoms with E-state index < -0.39 is 0 Å². The summed E-state index contributed by atoms with van der Waals surface area (Å²) in [5, 5.41) is 0. The monoisotopic (exact) mass is 212 g/mol. The second-order valence-electron chi connectivity index (χ2n) is 4.03. The van der Waals surface area contributed by atoms with E-state index in [9.17, 15) is 4.79 Å². The number of ether oxygens (including phenoxy) is 1. The lowest BCUT2D eigenvalue weighted by Crippen LogP contribution is -2.48. The zero-order valence-electron chi connectivity index (χ0n) is 9.82. The molecule has 1 heterocycles. The summed E-state index contributed by atoms with van der Waals surface area (Å²) >= 11 is 0. The Labute approximate surface area is 91.5 Å². The van der Waals surface area contributed by atoms with Crippen molar-refractivity contribution in [3.63, 3.8) is 0 Å². The van der Waals surface area contributed by atoms with E-state index in [0.717, 1.165) is 13.2 Å². The van der Waals surface area contributed by atoms with Gasteiger partial charge in [-0.1, -0.05) is 6.58 Å². The lowest BCUT2D eigenvalue weighted by atomic mass is 10.2. The minimum absolute atomic E-state index is 0.0320. The minimum Gasteiger partial charge on any atom is -0.378 e. The molecule has 1 aliphatic rings. The summed E-state index contributed by atoms with van der Waals surface area (Å²) in [6, 6.07) is 0.446. The van der Waals surface area contributed by atoms with E-state index in [1.54, 1.807) is 11.9 Å². The average Bonchev–Trinajstić information content (AvgIpc) is 2.12. The van der Waals surface area contributed by atoms with Gasteiger partial charge in [0.25, 0.3) is 0 Å². The van der Waals surface area contributed by atoms with Gasteiger partial charge in [0, 0.05) is 25.7 Å². The van der Waals surface area contributed by atoms with Crippen LogP contribution in [0.5, 0.6) is 0 Å². The first-order valence-corrected chi connectivity index (χ1v) is 5.27. The first-order valence-electron chi connectivity index (χ1n) is 5.27. The average molecular weight is 212 g/mol. The highest BCUT2D eigenvalue weighted by Crippen LogP contribution is 2.10. The van der Waals surface area contributed by atoms with Crippen LogP contribution in [0.2, 0.25) is 0 Å². The predicted molar refractivity (Wildman–Crippen MR) is 59.7 cm³/mol. The molecule has 0 aromatic heterocycles. The first kappa shape index (κ1) is 12.2. The Hall–Kier alpha value is -0.870. The molecule has 0 atom stereocenters. The van der Waals surface area contributed by atoms with Crippen molar-refractivity contribution in [3.05, 3.63) is 12.2 Å². The van der Waals surface area contributed by atoms with Crippen molar-refractivity contribution in [1.29, 1.82) is 0 Å². The number of likely N-dealkylation sites (N-methyl/N-ethyl adjacent to an activating group) is 2. The second kappa shape index (κ2) is 5.28. The van der Waals surface area contributed by atoms with Gasteiger partial charge >= 0.3 is 0 Å². The zero-order chi connectivity index (χ0) is 11.4. The van der Waals surface area contributed by atoms with Crippen LogP contribution in [0.1, 0.15) is 6.92 Å². The summed E-state index contributed by atoms with van der Waals surface area (Å²) in [5.74, 6) is 0.0320. The number of rotatable bonds is 5. The number of nitrogens with zero attached hydrogens (tertiary/aromatic N) is 2. The molecule has 86 valence electrons. The van der Waals surface area contributed by atoms with Gasteiger partial charge in [0.15, 0.2) is 0 Å². The zero-order valence-corrected chi connectivity index (χ0v) is 9.82. The van der Waals surface area contributed by atoms with Gasteiger partial charge in [0.05, 0.1) is 19.3 Å². The molecule has 1 fully saturated rings. The molecular formula is C11H20N2O2. The standard InChI is InChI=1S/C11H20N2O2/c1-5-12(3)11(14)9(2)6-13(4)10-7-15-8-10/h10H,2,5-8H2,1,3-4H3. The number of carbonyl (C=O) groups excluding carboxylic acids is 1. The number of hydrogen-bond acceptors (Lipinski definition) is 3. The van der Waals surface area contributed by atoms with Gasteiger partial charge in [-0.3, -0.25) is 9.69 Å². The van der Waals surface area contributed by atoms with E-state index in [-0.39, 0.29) is 5.91 Å². The van der Waals surface area contributed by atoms with Crippen LogP contribution in [0.25, 0.3) is 0 Å². The van der Waals surface area contributed by atoms with Crippen molar-refractivity contribution in [2.24, 2.45) is 0 Å². The van der Waals surface area contributed by atoms with Crippen molar-refractivity contribution in [2.45, 2.75) is 13.0 Å². The van der Waals surface area contributed by atoms with E-state index in [1.807, 2.05) is 14.0 Å². The van der Waals surface area contributed by atoms with Gasteiger partial charge in [-0.05, 0) is 14.0 Å². The molecular weight excluding hydrogens is 192 g/mol. The Morgan fingerprint density at radius 3 is 2.47 bits per heavy atom. The maximum Gasteiger partial charge on any atom is 0.250 e. The van der Waals surface area contributed by atoms with Crippen LogP contribution in [0.3, 0.4) is 0 Å². The molecule has 0 saturated carbocycles. The predicted octanol–water partition coefficient (Wildman–Crippen LogP) is 0.351. The van der Waals surface area contributed by atoms with Crippen molar-refractivity contribution in [2.75, 3.05) is 40.4 Å². The number of carbonyl (C=O) groups is 1. The third-order valence-electron chi connectivity index (χ3n) is 2.81. The molecule has 0 radical (unpaired) electrons. The van der Waals surface area contributed by atoms with Gasteiger partial charge in [0.1, 0.15) is 0 Å². The lowest BCUT2D eigenvalue weighted by molar-refractivity contribution is -0.126. The molecule has 15 heavy (non-hydrogen) atoms. The highest BCUT2D eigenvalue weighted by atomic mass is 16.5. The fourth-order valence-electron chi connectivity index (χ4n) is 1.39. The molecule has 0 N–H and O–H groups in total. The molecule has 1 aliphatic heterocycles. The third kappa shape index (κ3) is 3.04. The van der Waals surface area contributed by atoms with Crippen molar-refractivity contribution >= 4 is 5.91 Å². The van der Waals surface area contributed by atoms with E-state index >= 15 is 0 Å². The molecule has 1 saturated heterocycles. The van der Waals surface area contributed by atoms with E-state index in [0.29, 0.717) is 24.7 Å². The normalized spacial score (nSPS) is 16.3. The lowest BCUT2D eigenvalue weighted by Gasteiger charge is -2.35. The fraction of sp³-hybridized carbons (Fsp3) is 0.727. The minimum atomic E-state index is 0.0320. The highest BCUT2D eigenvalue weighted by molar-refractivity contribution is 5.93.